The summed E-state index contributed by atoms with van der Waals surface area (Å²) in [6, 6.07) is 1.11. The van der Waals surface area contributed by atoms with Crippen molar-refractivity contribution >= 4 is 17.7 Å². The number of nitrogens with one attached hydrogen (secondary N) is 2. The minimum atomic E-state index is 0.211. The van der Waals surface area contributed by atoms with Gasteiger partial charge in [0.05, 0.1) is 0 Å². The molecule has 2 atom stereocenters. The van der Waals surface area contributed by atoms with Crippen molar-refractivity contribution < 1.29 is 4.79 Å². The van der Waals surface area contributed by atoms with E-state index in [0.29, 0.717) is 23.8 Å². The van der Waals surface area contributed by atoms with E-state index < -0.39 is 0 Å². The number of hydrogen-bond donors (Lipinski definition) is 2. The maximum absolute atomic E-state index is 11.4. The first kappa shape index (κ1) is 11.3. The van der Waals surface area contributed by atoms with E-state index in [2.05, 4.69) is 17.6 Å². The Labute approximate surface area is 95.8 Å². The van der Waals surface area contributed by atoms with Gasteiger partial charge in [-0.2, -0.15) is 11.8 Å². The van der Waals surface area contributed by atoms with Gasteiger partial charge in [0.2, 0.25) is 5.91 Å². The lowest BCUT2D eigenvalue weighted by atomic mass is 10.1. The van der Waals surface area contributed by atoms with Gasteiger partial charge in [-0.3, -0.25) is 4.79 Å². The summed E-state index contributed by atoms with van der Waals surface area (Å²) in [6.45, 7) is 3.09. The third kappa shape index (κ3) is 3.68. The molecule has 2 unspecified atom stereocenters. The van der Waals surface area contributed by atoms with E-state index in [1.807, 2.05) is 11.8 Å². The molecule has 0 spiro atoms. The van der Waals surface area contributed by atoms with E-state index in [1.54, 1.807) is 0 Å². The van der Waals surface area contributed by atoms with Crippen LogP contribution in [0.1, 0.15) is 32.6 Å². The van der Waals surface area contributed by atoms with Gasteiger partial charge in [-0.25, -0.2) is 0 Å². The second-order valence-electron chi connectivity index (χ2n) is 4.52. The summed E-state index contributed by atoms with van der Waals surface area (Å²) >= 11 is 2.02. The smallest absolute Gasteiger partial charge is 0.221 e. The summed E-state index contributed by atoms with van der Waals surface area (Å²) in [5.41, 5.74) is 0. The summed E-state index contributed by atoms with van der Waals surface area (Å²) in [5, 5.41) is 7.19. The number of thioether (sulfide) groups is 1. The summed E-state index contributed by atoms with van der Waals surface area (Å²) in [6.07, 6.45) is 4.23. The quantitative estimate of drug-likeness (QED) is 0.741. The Morgan fingerprint density at radius 2 is 2.20 bits per heavy atom. The van der Waals surface area contributed by atoms with Gasteiger partial charge in [-0.05, 0) is 25.0 Å². The maximum atomic E-state index is 11.4. The molecule has 4 heteroatoms. The molecule has 1 aliphatic carbocycles. The molecular weight excluding hydrogens is 208 g/mol. The number of amides is 1. The van der Waals surface area contributed by atoms with Crippen LogP contribution in [-0.2, 0) is 4.79 Å². The highest BCUT2D eigenvalue weighted by molar-refractivity contribution is 8.00. The van der Waals surface area contributed by atoms with E-state index in [1.165, 1.54) is 25.0 Å². The average molecular weight is 228 g/mol. The minimum absolute atomic E-state index is 0.211. The Morgan fingerprint density at radius 3 is 2.80 bits per heavy atom. The molecule has 0 aromatic carbocycles. The standard InChI is InChI=1S/C11H20N2OS/c1-8-10(5-7-15-8)12-6-4-11(14)13-9-2-3-9/h8-10,12H,2-7H2,1H3,(H,13,14). The molecule has 86 valence electrons. The second-order valence-corrected chi connectivity index (χ2v) is 6.00. The van der Waals surface area contributed by atoms with Gasteiger partial charge in [0.25, 0.3) is 0 Å². The molecule has 3 nitrogen and oxygen atoms in total. The molecule has 2 rings (SSSR count). The first-order valence-corrected chi connectivity index (χ1v) is 6.95. The fraction of sp³-hybridized carbons (Fsp3) is 0.909. The molecule has 0 aromatic rings. The monoisotopic (exact) mass is 228 g/mol. The zero-order valence-corrected chi connectivity index (χ0v) is 10.1. The van der Waals surface area contributed by atoms with Crippen molar-refractivity contribution in [3.63, 3.8) is 0 Å². The van der Waals surface area contributed by atoms with Gasteiger partial charge in [0.1, 0.15) is 0 Å². The Morgan fingerprint density at radius 1 is 1.40 bits per heavy atom. The predicted molar refractivity (Wildman–Crippen MR) is 64.1 cm³/mol. The van der Waals surface area contributed by atoms with Gasteiger partial charge in [-0.15, -0.1) is 0 Å². The molecule has 15 heavy (non-hydrogen) atoms. The van der Waals surface area contributed by atoms with Crippen molar-refractivity contribution in [2.45, 2.75) is 49.9 Å². The first-order valence-electron chi connectivity index (χ1n) is 5.90. The van der Waals surface area contributed by atoms with Gasteiger partial charge in [0.15, 0.2) is 0 Å². The Bertz CT molecular complexity index is 231. The lowest BCUT2D eigenvalue weighted by Crippen LogP contribution is -2.36. The fourth-order valence-electron chi connectivity index (χ4n) is 1.90. The van der Waals surface area contributed by atoms with Crippen molar-refractivity contribution in [3.05, 3.63) is 0 Å². The van der Waals surface area contributed by atoms with Crippen molar-refractivity contribution in [1.82, 2.24) is 10.6 Å². The Kier molecular flexibility index (Phi) is 3.92. The molecule has 0 radical (unpaired) electrons. The van der Waals surface area contributed by atoms with Crippen LogP contribution in [0.3, 0.4) is 0 Å². The molecule has 2 aliphatic rings. The largest absolute Gasteiger partial charge is 0.353 e. The number of hydrogen-bond acceptors (Lipinski definition) is 3. The van der Waals surface area contributed by atoms with Crippen LogP contribution in [-0.4, -0.2) is 35.5 Å². The SMILES string of the molecule is CC1SCCC1NCCC(=O)NC1CC1. The van der Waals surface area contributed by atoms with Crippen molar-refractivity contribution in [2.75, 3.05) is 12.3 Å². The van der Waals surface area contributed by atoms with Crippen LogP contribution in [0.25, 0.3) is 0 Å². The highest BCUT2D eigenvalue weighted by atomic mass is 32.2. The van der Waals surface area contributed by atoms with Gasteiger partial charge >= 0.3 is 0 Å². The van der Waals surface area contributed by atoms with Crippen LogP contribution in [0, 0.1) is 0 Å². The van der Waals surface area contributed by atoms with Crippen LogP contribution in [0.5, 0.6) is 0 Å². The molecule has 1 amide bonds. The molecule has 1 aliphatic heterocycles. The van der Waals surface area contributed by atoms with Crippen LogP contribution in [0.4, 0.5) is 0 Å². The van der Waals surface area contributed by atoms with Crippen LogP contribution >= 0.6 is 11.8 Å². The maximum Gasteiger partial charge on any atom is 0.221 e. The van der Waals surface area contributed by atoms with Crippen molar-refractivity contribution in [2.24, 2.45) is 0 Å². The zero-order valence-electron chi connectivity index (χ0n) is 9.29. The average Bonchev–Trinajstić information content (AvgIpc) is 2.91. The minimum Gasteiger partial charge on any atom is -0.353 e. The molecule has 0 bridgehead atoms. The van der Waals surface area contributed by atoms with E-state index in [4.69, 9.17) is 0 Å². The molecule has 0 aromatic heterocycles. The lowest BCUT2D eigenvalue weighted by molar-refractivity contribution is -0.121. The molecule has 1 heterocycles. The third-order valence-electron chi connectivity index (χ3n) is 3.08. The lowest BCUT2D eigenvalue weighted by Gasteiger charge is -2.16. The van der Waals surface area contributed by atoms with E-state index in [-0.39, 0.29) is 5.91 Å². The van der Waals surface area contributed by atoms with Crippen molar-refractivity contribution in [3.8, 4) is 0 Å². The molecule has 2 N–H and O–H groups in total. The molecular formula is C11H20N2OS. The highest BCUT2D eigenvalue weighted by Crippen LogP contribution is 2.25. The third-order valence-corrected chi connectivity index (χ3v) is 4.40. The molecule has 2 fully saturated rings. The topological polar surface area (TPSA) is 41.1 Å². The summed E-state index contributed by atoms with van der Waals surface area (Å²) in [5.74, 6) is 1.47. The van der Waals surface area contributed by atoms with E-state index in [0.717, 1.165) is 6.54 Å². The molecule has 1 saturated carbocycles. The van der Waals surface area contributed by atoms with Gasteiger partial charge in [0, 0.05) is 30.3 Å². The van der Waals surface area contributed by atoms with E-state index >= 15 is 0 Å². The number of carbonyl (C=O) groups is 1. The fourth-order valence-corrected chi connectivity index (χ4v) is 3.12. The molecule has 1 saturated heterocycles. The zero-order chi connectivity index (χ0) is 10.7. The van der Waals surface area contributed by atoms with Gasteiger partial charge in [-0.1, -0.05) is 6.92 Å². The summed E-state index contributed by atoms with van der Waals surface area (Å²) < 4.78 is 0. The second kappa shape index (κ2) is 5.21. The van der Waals surface area contributed by atoms with E-state index in [9.17, 15) is 4.79 Å². The van der Waals surface area contributed by atoms with Crippen LogP contribution in [0.2, 0.25) is 0 Å². The predicted octanol–water partition coefficient (Wildman–Crippen LogP) is 1.14. The Hall–Kier alpha value is -0.220. The first-order chi connectivity index (χ1) is 7.25. The highest BCUT2D eigenvalue weighted by Gasteiger charge is 2.24. The summed E-state index contributed by atoms with van der Waals surface area (Å²) in [4.78, 5) is 11.4. The number of carbonyl (C=O) groups excluding carboxylic acids is 1. The normalized spacial score (nSPS) is 30.5. The van der Waals surface area contributed by atoms with Gasteiger partial charge < -0.3 is 10.6 Å². The van der Waals surface area contributed by atoms with Crippen molar-refractivity contribution in [1.29, 1.82) is 0 Å². The Balaban J connectivity index is 1.55. The van der Waals surface area contributed by atoms with Crippen LogP contribution < -0.4 is 10.6 Å². The van der Waals surface area contributed by atoms with Crippen LogP contribution in [0.15, 0.2) is 0 Å². The number of rotatable bonds is 5. The summed E-state index contributed by atoms with van der Waals surface area (Å²) in [7, 11) is 0.